The molecule has 76 valence electrons. The van der Waals surface area contributed by atoms with Crippen LogP contribution in [-0.2, 0) is 13.0 Å². The molecule has 2 nitrogen and oxygen atoms in total. The van der Waals surface area contributed by atoms with Crippen molar-refractivity contribution in [3.8, 4) is 0 Å². The van der Waals surface area contributed by atoms with E-state index < -0.39 is 0 Å². The number of nitrogens with zero attached hydrogens (tertiary/aromatic N) is 1. The summed E-state index contributed by atoms with van der Waals surface area (Å²) in [5, 5.41) is 9.19. The van der Waals surface area contributed by atoms with Crippen molar-refractivity contribution in [1.82, 2.24) is 0 Å². The molecule has 2 aliphatic heterocycles. The molecule has 0 aliphatic carbocycles. The van der Waals surface area contributed by atoms with Gasteiger partial charge in [-0.05, 0) is 29.2 Å². The lowest BCUT2D eigenvalue weighted by Crippen LogP contribution is -2.23. The molecule has 3 rings (SSSR count). The van der Waals surface area contributed by atoms with Crippen molar-refractivity contribution < 1.29 is 5.11 Å². The summed E-state index contributed by atoms with van der Waals surface area (Å²) in [6.45, 7) is 1.08. The molecule has 0 atom stereocenters. The Bertz CT molecular complexity index is 460. The van der Waals surface area contributed by atoms with Crippen LogP contribution in [0.25, 0.3) is 6.08 Å². The SMILES string of the molecule is OCc1cc2c3c(c1)CC=CN3CC=C2. The third-order valence-electron chi connectivity index (χ3n) is 2.97. The van der Waals surface area contributed by atoms with Crippen molar-refractivity contribution in [1.29, 1.82) is 0 Å². The van der Waals surface area contributed by atoms with Gasteiger partial charge in [-0.15, -0.1) is 0 Å². The van der Waals surface area contributed by atoms with Gasteiger partial charge in [0.25, 0.3) is 0 Å². The molecular formula is C13H13NO. The zero-order valence-corrected chi connectivity index (χ0v) is 8.48. The number of benzene rings is 1. The summed E-state index contributed by atoms with van der Waals surface area (Å²) >= 11 is 0. The lowest BCUT2D eigenvalue weighted by Gasteiger charge is -2.30. The molecule has 0 saturated heterocycles. The van der Waals surface area contributed by atoms with Gasteiger partial charge < -0.3 is 10.0 Å². The fraction of sp³-hybridized carbons (Fsp3) is 0.231. The molecular weight excluding hydrogens is 186 g/mol. The van der Waals surface area contributed by atoms with E-state index in [1.807, 2.05) is 0 Å². The number of hydrogen-bond donors (Lipinski definition) is 1. The Balaban J connectivity index is 2.23. The highest BCUT2D eigenvalue weighted by Gasteiger charge is 2.18. The Labute approximate surface area is 89.1 Å². The normalized spacial score (nSPS) is 16.7. The Morgan fingerprint density at radius 2 is 2.20 bits per heavy atom. The first-order valence-corrected chi connectivity index (χ1v) is 5.25. The van der Waals surface area contributed by atoms with Gasteiger partial charge in [0.05, 0.1) is 12.3 Å². The molecule has 0 amide bonds. The predicted octanol–water partition coefficient (Wildman–Crippen LogP) is 2.08. The van der Waals surface area contributed by atoms with Crippen LogP contribution >= 0.6 is 0 Å². The molecule has 15 heavy (non-hydrogen) atoms. The second-order valence-electron chi connectivity index (χ2n) is 3.99. The van der Waals surface area contributed by atoms with Crippen LogP contribution in [0.5, 0.6) is 0 Å². The zero-order valence-electron chi connectivity index (χ0n) is 8.48. The maximum absolute atomic E-state index is 9.19. The van der Waals surface area contributed by atoms with E-state index in [1.54, 1.807) is 0 Å². The zero-order chi connectivity index (χ0) is 10.3. The largest absolute Gasteiger partial charge is 0.392 e. The van der Waals surface area contributed by atoms with Gasteiger partial charge >= 0.3 is 0 Å². The van der Waals surface area contributed by atoms with Gasteiger partial charge in [-0.25, -0.2) is 0 Å². The standard InChI is InChI=1S/C13H13NO/c15-9-10-7-11-3-1-5-14-6-2-4-12(8-10)13(11)14/h1-3,6-8,15H,4-5,9H2. The Kier molecular flexibility index (Phi) is 1.89. The van der Waals surface area contributed by atoms with E-state index in [2.05, 4.69) is 41.5 Å². The summed E-state index contributed by atoms with van der Waals surface area (Å²) < 4.78 is 0. The molecule has 0 saturated carbocycles. The minimum Gasteiger partial charge on any atom is -0.392 e. The second-order valence-corrected chi connectivity index (χ2v) is 3.99. The van der Waals surface area contributed by atoms with E-state index in [4.69, 9.17) is 0 Å². The van der Waals surface area contributed by atoms with Gasteiger partial charge in [-0.2, -0.15) is 0 Å². The second kappa shape index (κ2) is 3.24. The van der Waals surface area contributed by atoms with E-state index in [0.717, 1.165) is 18.5 Å². The highest BCUT2D eigenvalue weighted by Crippen LogP contribution is 2.34. The van der Waals surface area contributed by atoms with E-state index in [1.165, 1.54) is 16.8 Å². The quantitative estimate of drug-likeness (QED) is 0.748. The highest BCUT2D eigenvalue weighted by atomic mass is 16.3. The van der Waals surface area contributed by atoms with Crippen molar-refractivity contribution in [2.45, 2.75) is 13.0 Å². The minimum absolute atomic E-state index is 0.123. The van der Waals surface area contributed by atoms with E-state index in [-0.39, 0.29) is 6.61 Å². The lowest BCUT2D eigenvalue weighted by molar-refractivity contribution is 0.281. The Hall–Kier alpha value is -1.54. The third-order valence-corrected chi connectivity index (χ3v) is 2.97. The van der Waals surface area contributed by atoms with Gasteiger partial charge in [-0.3, -0.25) is 0 Å². The number of aliphatic hydroxyl groups excluding tert-OH is 1. The summed E-state index contributed by atoms with van der Waals surface area (Å²) in [5.74, 6) is 0. The fourth-order valence-electron chi connectivity index (χ4n) is 2.34. The summed E-state index contributed by atoms with van der Waals surface area (Å²) in [5.41, 5.74) is 4.87. The average molecular weight is 199 g/mol. The smallest absolute Gasteiger partial charge is 0.0682 e. The summed E-state index contributed by atoms with van der Waals surface area (Å²) in [6.07, 6.45) is 9.59. The monoisotopic (exact) mass is 199 g/mol. The van der Waals surface area contributed by atoms with Crippen molar-refractivity contribution in [3.63, 3.8) is 0 Å². The predicted molar refractivity (Wildman–Crippen MR) is 61.6 cm³/mol. The number of anilines is 1. The molecule has 0 fully saturated rings. The number of allylic oxidation sites excluding steroid dienone is 1. The average Bonchev–Trinajstić information content (AvgIpc) is 2.29. The molecule has 2 aliphatic rings. The molecule has 1 N–H and O–H groups in total. The summed E-state index contributed by atoms with van der Waals surface area (Å²) in [7, 11) is 0. The van der Waals surface area contributed by atoms with Crippen LogP contribution in [0, 0.1) is 0 Å². The first kappa shape index (κ1) is 8.74. The van der Waals surface area contributed by atoms with Crippen molar-refractivity contribution in [3.05, 3.63) is 47.2 Å². The highest BCUT2D eigenvalue weighted by molar-refractivity contribution is 5.77. The van der Waals surface area contributed by atoms with Crippen LogP contribution in [0.3, 0.4) is 0 Å². The van der Waals surface area contributed by atoms with Crippen molar-refractivity contribution in [2.24, 2.45) is 0 Å². The molecule has 0 bridgehead atoms. The van der Waals surface area contributed by atoms with Crippen LogP contribution < -0.4 is 4.90 Å². The van der Waals surface area contributed by atoms with E-state index in [9.17, 15) is 5.11 Å². The first-order valence-electron chi connectivity index (χ1n) is 5.25. The molecule has 2 heterocycles. The maximum Gasteiger partial charge on any atom is 0.0682 e. The van der Waals surface area contributed by atoms with E-state index in [0.29, 0.717) is 0 Å². The number of rotatable bonds is 1. The lowest BCUT2D eigenvalue weighted by atomic mass is 9.95. The fourth-order valence-corrected chi connectivity index (χ4v) is 2.34. The molecule has 0 aromatic heterocycles. The van der Waals surface area contributed by atoms with Crippen LogP contribution in [0.2, 0.25) is 0 Å². The Morgan fingerprint density at radius 3 is 3.07 bits per heavy atom. The molecule has 0 radical (unpaired) electrons. The third kappa shape index (κ3) is 1.29. The minimum atomic E-state index is 0.123. The summed E-state index contributed by atoms with van der Waals surface area (Å²) in [6, 6.07) is 4.18. The topological polar surface area (TPSA) is 23.5 Å². The molecule has 0 spiro atoms. The molecule has 2 heteroatoms. The summed E-state index contributed by atoms with van der Waals surface area (Å²) in [4.78, 5) is 2.26. The van der Waals surface area contributed by atoms with E-state index >= 15 is 0 Å². The van der Waals surface area contributed by atoms with Crippen molar-refractivity contribution in [2.75, 3.05) is 11.4 Å². The maximum atomic E-state index is 9.19. The first-order chi connectivity index (χ1) is 7.38. The van der Waals surface area contributed by atoms with Crippen LogP contribution in [0.4, 0.5) is 5.69 Å². The van der Waals surface area contributed by atoms with Crippen LogP contribution in [-0.4, -0.2) is 11.7 Å². The number of aliphatic hydroxyl groups is 1. The van der Waals surface area contributed by atoms with Crippen LogP contribution in [0.15, 0.2) is 30.5 Å². The van der Waals surface area contributed by atoms with Crippen LogP contribution in [0.1, 0.15) is 16.7 Å². The Morgan fingerprint density at radius 1 is 1.27 bits per heavy atom. The van der Waals surface area contributed by atoms with Gasteiger partial charge in [0.2, 0.25) is 0 Å². The number of hydrogen-bond acceptors (Lipinski definition) is 2. The van der Waals surface area contributed by atoms with Gasteiger partial charge in [0.15, 0.2) is 0 Å². The van der Waals surface area contributed by atoms with Crippen molar-refractivity contribution >= 4 is 11.8 Å². The van der Waals surface area contributed by atoms with Gasteiger partial charge in [0, 0.05) is 12.7 Å². The molecule has 1 aromatic rings. The van der Waals surface area contributed by atoms with Gasteiger partial charge in [-0.1, -0.05) is 24.3 Å². The molecule has 0 unspecified atom stereocenters. The van der Waals surface area contributed by atoms with Gasteiger partial charge in [0.1, 0.15) is 0 Å². The molecule has 1 aromatic carbocycles.